The topological polar surface area (TPSA) is 15.7 Å². The number of piperazine rings is 1. The van der Waals surface area contributed by atoms with Crippen LogP contribution in [0.2, 0.25) is 0 Å². The van der Waals surface area contributed by atoms with Gasteiger partial charge in [0, 0.05) is 30.1 Å². The molecule has 1 atom stereocenters. The maximum absolute atomic E-state index is 12.6. The van der Waals surface area contributed by atoms with Crippen LogP contribution in [0.15, 0.2) is 22.7 Å². The highest BCUT2D eigenvalue weighted by Crippen LogP contribution is 2.37. The zero-order valence-electron chi connectivity index (χ0n) is 11.4. The molecule has 3 nitrogen and oxygen atoms in total. The van der Waals surface area contributed by atoms with Gasteiger partial charge < -0.3 is 9.64 Å². The van der Waals surface area contributed by atoms with Gasteiger partial charge in [-0.2, -0.15) is 0 Å². The van der Waals surface area contributed by atoms with Crippen LogP contribution in [-0.4, -0.2) is 43.5 Å². The van der Waals surface area contributed by atoms with Crippen molar-refractivity contribution in [3.8, 4) is 5.75 Å². The van der Waals surface area contributed by atoms with Crippen molar-refractivity contribution in [2.45, 2.75) is 25.2 Å². The van der Waals surface area contributed by atoms with Crippen molar-refractivity contribution in [1.82, 2.24) is 4.90 Å². The van der Waals surface area contributed by atoms with E-state index in [1.807, 2.05) is 4.90 Å². The Morgan fingerprint density at radius 1 is 1.19 bits per heavy atom. The van der Waals surface area contributed by atoms with E-state index in [0.717, 1.165) is 32.6 Å². The summed E-state index contributed by atoms with van der Waals surface area (Å²) in [5, 5.41) is 0. The van der Waals surface area contributed by atoms with Gasteiger partial charge in [-0.1, -0.05) is 15.9 Å². The van der Waals surface area contributed by atoms with E-state index >= 15 is 0 Å². The second kappa shape index (κ2) is 5.68. The van der Waals surface area contributed by atoms with E-state index in [4.69, 9.17) is 0 Å². The lowest BCUT2D eigenvalue weighted by Gasteiger charge is -2.39. The molecule has 0 bridgehead atoms. The largest absolute Gasteiger partial charge is 0.573 e. The van der Waals surface area contributed by atoms with Gasteiger partial charge in [-0.25, -0.2) is 0 Å². The molecule has 3 rings (SSSR count). The van der Waals surface area contributed by atoms with Gasteiger partial charge in [0.05, 0.1) is 5.69 Å². The Labute approximate surface area is 129 Å². The Morgan fingerprint density at radius 3 is 2.76 bits per heavy atom. The molecule has 2 aliphatic heterocycles. The zero-order valence-corrected chi connectivity index (χ0v) is 13.0. The summed E-state index contributed by atoms with van der Waals surface area (Å²) < 4.78 is 42.5. The normalized spacial score (nSPS) is 23.2. The molecule has 0 spiro atoms. The number of alkyl halides is 3. The van der Waals surface area contributed by atoms with Crippen LogP contribution >= 0.6 is 15.9 Å². The van der Waals surface area contributed by atoms with Crippen molar-refractivity contribution in [2.75, 3.05) is 31.1 Å². The first kappa shape index (κ1) is 15.0. The third-order valence-corrected chi connectivity index (χ3v) is 4.57. The minimum absolute atomic E-state index is 0.136. The van der Waals surface area contributed by atoms with Crippen LogP contribution in [-0.2, 0) is 0 Å². The Morgan fingerprint density at radius 2 is 2.00 bits per heavy atom. The molecule has 1 aromatic carbocycles. The molecule has 0 aliphatic carbocycles. The number of benzene rings is 1. The standard InChI is InChI=1S/C14H16BrF3N2O/c15-10-3-4-12(13(8-10)21-14(16,17)18)20-7-6-19-5-1-2-11(19)9-20/h3-4,8,11H,1-2,5-7,9H2. The second-order valence-electron chi connectivity index (χ2n) is 5.44. The molecular weight excluding hydrogens is 349 g/mol. The number of ether oxygens (including phenoxy) is 1. The van der Waals surface area contributed by atoms with Crippen molar-refractivity contribution < 1.29 is 17.9 Å². The number of rotatable bonds is 2. The van der Waals surface area contributed by atoms with E-state index in [0.29, 0.717) is 16.2 Å². The number of anilines is 1. The highest BCUT2D eigenvalue weighted by Gasteiger charge is 2.35. The van der Waals surface area contributed by atoms with E-state index in [1.165, 1.54) is 12.5 Å². The fourth-order valence-electron chi connectivity index (χ4n) is 3.17. The minimum Gasteiger partial charge on any atom is -0.404 e. The lowest BCUT2D eigenvalue weighted by Crippen LogP contribution is -2.50. The smallest absolute Gasteiger partial charge is 0.404 e. The number of hydrogen-bond acceptors (Lipinski definition) is 3. The first-order valence-electron chi connectivity index (χ1n) is 6.97. The summed E-state index contributed by atoms with van der Waals surface area (Å²) in [6, 6.07) is 5.26. The van der Waals surface area contributed by atoms with Crippen LogP contribution in [0, 0.1) is 0 Å². The summed E-state index contributed by atoms with van der Waals surface area (Å²) >= 11 is 3.20. The SMILES string of the molecule is FC(F)(F)Oc1cc(Br)ccc1N1CCN2CCCC2C1. The molecule has 2 aliphatic rings. The third kappa shape index (κ3) is 3.45. The molecule has 2 heterocycles. The summed E-state index contributed by atoms with van der Waals surface area (Å²) in [6.45, 7) is 3.49. The van der Waals surface area contributed by atoms with Gasteiger partial charge in [-0.3, -0.25) is 4.90 Å². The molecule has 0 N–H and O–H groups in total. The van der Waals surface area contributed by atoms with Crippen LogP contribution in [0.1, 0.15) is 12.8 Å². The molecule has 7 heteroatoms. The molecule has 0 saturated carbocycles. The summed E-state index contributed by atoms with van der Waals surface area (Å²) in [6.07, 6.45) is -2.39. The number of hydrogen-bond donors (Lipinski definition) is 0. The zero-order chi connectivity index (χ0) is 15.0. The van der Waals surface area contributed by atoms with E-state index in [-0.39, 0.29) is 5.75 Å². The first-order valence-corrected chi connectivity index (χ1v) is 7.76. The fraction of sp³-hybridized carbons (Fsp3) is 0.571. The van der Waals surface area contributed by atoms with E-state index in [2.05, 4.69) is 25.6 Å². The fourth-order valence-corrected chi connectivity index (χ4v) is 3.51. The molecule has 0 aromatic heterocycles. The van der Waals surface area contributed by atoms with E-state index in [1.54, 1.807) is 12.1 Å². The van der Waals surface area contributed by atoms with Gasteiger partial charge in [-0.05, 0) is 37.6 Å². The summed E-state index contributed by atoms with van der Waals surface area (Å²) in [5.41, 5.74) is 0.516. The quantitative estimate of drug-likeness (QED) is 0.796. The summed E-state index contributed by atoms with van der Waals surface area (Å²) in [4.78, 5) is 4.42. The van der Waals surface area contributed by atoms with Gasteiger partial charge in [0.15, 0.2) is 5.75 Å². The average Bonchev–Trinajstić information content (AvgIpc) is 2.84. The van der Waals surface area contributed by atoms with Crippen LogP contribution in [0.5, 0.6) is 5.75 Å². The van der Waals surface area contributed by atoms with Gasteiger partial charge in [-0.15, -0.1) is 13.2 Å². The maximum Gasteiger partial charge on any atom is 0.573 e. The van der Waals surface area contributed by atoms with Gasteiger partial charge in [0.2, 0.25) is 0 Å². The first-order chi connectivity index (χ1) is 9.92. The predicted molar refractivity (Wildman–Crippen MR) is 77.6 cm³/mol. The van der Waals surface area contributed by atoms with Crippen LogP contribution in [0.4, 0.5) is 18.9 Å². The monoisotopic (exact) mass is 364 g/mol. The number of fused-ring (bicyclic) bond motifs is 1. The maximum atomic E-state index is 12.6. The molecule has 21 heavy (non-hydrogen) atoms. The van der Waals surface area contributed by atoms with Crippen molar-refractivity contribution >= 4 is 21.6 Å². The van der Waals surface area contributed by atoms with Crippen molar-refractivity contribution in [2.24, 2.45) is 0 Å². The number of nitrogens with zero attached hydrogens (tertiary/aromatic N) is 2. The van der Waals surface area contributed by atoms with E-state index < -0.39 is 6.36 Å². The molecule has 0 radical (unpaired) electrons. The molecule has 1 unspecified atom stereocenters. The van der Waals surface area contributed by atoms with Gasteiger partial charge >= 0.3 is 6.36 Å². The Bertz CT molecular complexity index is 523. The molecular formula is C14H16BrF3N2O. The highest BCUT2D eigenvalue weighted by atomic mass is 79.9. The second-order valence-corrected chi connectivity index (χ2v) is 6.35. The molecule has 2 saturated heterocycles. The predicted octanol–water partition coefficient (Wildman–Crippen LogP) is 3.63. The highest BCUT2D eigenvalue weighted by molar-refractivity contribution is 9.10. The average molecular weight is 365 g/mol. The van der Waals surface area contributed by atoms with E-state index in [9.17, 15) is 13.2 Å². The lowest BCUT2D eigenvalue weighted by molar-refractivity contribution is -0.274. The molecule has 2 fully saturated rings. The molecule has 0 amide bonds. The Kier molecular flexibility index (Phi) is 4.05. The number of halogens is 4. The Hall–Kier alpha value is -0.950. The lowest BCUT2D eigenvalue weighted by atomic mass is 10.1. The molecule has 116 valence electrons. The van der Waals surface area contributed by atoms with Crippen LogP contribution < -0.4 is 9.64 Å². The minimum atomic E-state index is -4.68. The van der Waals surface area contributed by atoms with Gasteiger partial charge in [0.1, 0.15) is 0 Å². The molecule has 1 aromatic rings. The van der Waals surface area contributed by atoms with Crippen LogP contribution in [0.3, 0.4) is 0 Å². The van der Waals surface area contributed by atoms with Crippen molar-refractivity contribution in [3.63, 3.8) is 0 Å². The van der Waals surface area contributed by atoms with Crippen molar-refractivity contribution in [3.05, 3.63) is 22.7 Å². The summed E-state index contributed by atoms with van der Waals surface area (Å²) in [5.74, 6) is -0.136. The van der Waals surface area contributed by atoms with Gasteiger partial charge in [0.25, 0.3) is 0 Å². The van der Waals surface area contributed by atoms with Crippen molar-refractivity contribution in [1.29, 1.82) is 0 Å². The third-order valence-electron chi connectivity index (χ3n) is 4.08. The Balaban J connectivity index is 1.84. The summed E-state index contributed by atoms with van der Waals surface area (Å²) in [7, 11) is 0. The van der Waals surface area contributed by atoms with Crippen LogP contribution in [0.25, 0.3) is 0 Å².